The molecule has 2 aromatic rings. The zero-order valence-electron chi connectivity index (χ0n) is 9.49. The van der Waals surface area contributed by atoms with Crippen LogP contribution in [0, 0.1) is 13.8 Å². The van der Waals surface area contributed by atoms with E-state index in [1.165, 1.54) is 9.88 Å². The number of nitrogens with one attached hydrogen (secondary N) is 1. The Kier molecular flexibility index (Phi) is 4.04. The predicted molar refractivity (Wildman–Crippen MR) is 69.1 cm³/mol. The minimum absolute atomic E-state index is 0.918. The largest absolute Gasteiger partial charge is 0.311 e. The van der Waals surface area contributed by atoms with Gasteiger partial charge in [0.15, 0.2) is 0 Å². The molecule has 0 atom stereocenters. The zero-order chi connectivity index (χ0) is 11.4. The van der Waals surface area contributed by atoms with Crippen molar-refractivity contribution in [1.29, 1.82) is 0 Å². The number of hydrogen-bond donors (Lipinski definition) is 1. The average molecular weight is 253 g/mol. The number of hydrogen-bond acceptors (Lipinski definition) is 5. The number of rotatable bonds is 5. The van der Waals surface area contributed by atoms with Gasteiger partial charge in [-0.25, -0.2) is 9.97 Å². The van der Waals surface area contributed by atoms with E-state index in [1.807, 2.05) is 12.4 Å². The lowest BCUT2D eigenvalue weighted by Crippen LogP contribution is -2.16. The molecule has 0 aliphatic rings. The summed E-state index contributed by atoms with van der Waals surface area (Å²) < 4.78 is 0. The molecule has 2 aromatic heterocycles. The molecule has 5 heteroatoms. The monoisotopic (exact) mass is 253 g/mol. The van der Waals surface area contributed by atoms with Gasteiger partial charge in [-0.1, -0.05) is 0 Å². The zero-order valence-corrected chi connectivity index (χ0v) is 11.1. The van der Waals surface area contributed by atoms with E-state index < -0.39 is 0 Å². The van der Waals surface area contributed by atoms with Crippen LogP contribution in [0.4, 0.5) is 0 Å². The van der Waals surface area contributed by atoms with Gasteiger partial charge in [-0.2, -0.15) is 0 Å². The first kappa shape index (κ1) is 11.7. The van der Waals surface area contributed by atoms with Gasteiger partial charge >= 0.3 is 0 Å². The number of thiazole rings is 2. The molecule has 0 fully saturated rings. The second-order valence-electron chi connectivity index (χ2n) is 3.67. The minimum atomic E-state index is 0.918. The van der Waals surface area contributed by atoms with Gasteiger partial charge in [-0.05, 0) is 13.8 Å². The highest BCUT2D eigenvalue weighted by molar-refractivity contribution is 7.10. The van der Waals surface area contributed by atoms with Crippen LogP contribution in [-0.2, 0) is 13.0 Å². The Morgan fingerprint density at radius 1 is 1.31 bits per heavy atom. The average Bonchev–Trinajstić information content (AvgIpc) is 2.83. The Labute approximate surface area is 104 Å². The van der Waals surface area contributed by atoms with Crippen molar-refractivity contribution >= 4 is 22.7 Å². The quantitative estimate of drug-likeness (QED) is 0.832. The van der Waals surface area contributed by atoms with E-state index in [9.17, 15) is 0 Å². The van der Waals surface area contributed by atoms with Crippen molar-refractivity contribution in [3.8, 4) is 0 Å². The molecule has 0 radical (unpaired) electrons. The fraction of sp³-hybridized carbons (Fsp3) is 0.455. The molecular weight excluding hydrogens is 238 g/mol. The van der Waals surface area contributed by atoms with Crippen LogP contribution in [0.1, 0.15) is 21.3 Å². The number of nitrogens with zero attached hydrogens (tertiary/aromatic N) is 2. The van der Waals surface area contributed by atoms with Crippen molar-refractivity contribution in [3.63, 3.8) is 0 Å². The van der Waals surface area contributed by atoms with Crippen LogP contribution in [0.3, 0.4) is 0 Å². The Hall–Kier alpha value is -0.780. The highest BCUT2D eigenvalue weighted by Gasteiger charge is 2.01. The molecule has 0 aliphatic carbocycles. The van der Waals surface area contributed by atoms with Crippen LogP contribution in [0.2, 0.25) is 0 Å². The van der Waals surface area contributed by atoms with E-state index >= 15 is 0 Å². The van der Waals surface area contributed by atoms with Crippen molar-refractivity contribution in [1.82, 2.24) is 15.3 Å². The third-order valence-corrected chi connectivity index (χ3v) is 4.27. The van der Waals surface area contributed by atoms with Crippen molar-refractivity contribution in [2.45, 2.75) is 26.8 Å². The maximum absolute atomic E-state index is 4.43. The fourth-order valence-electron chi connectivity index (χ4n) is 1.41. The third-order valence-electron chi connectivity index (χ3n) is 2.31. The molecule has 1 N–H and O–H groups in total. The number of aromatic nitrogens is 2. The second-order valence-corrected chi connectivity index (χ2v) is 5.55. The van der Waals surface area contributed by atoms with E-state index in [0.29, 0.717) is 0 Å². The third kappa shape index (κ3) is 3.10. The van der Waals surface area contributed by atoms with Crippen LogP contribution in [-0.4, -0.2) is 16.5 Å². The molecule has 0 aliphatic heterocycles. The minimum Gasteiger partial charge on any atom is -0.311 e. The second kappa shape index (κ2) is 5.52. The van der Waals surface area contributed by atoms with Crippen LogP contribution >= 0.6 is 22.7 Å². The predicted octanol–water partition coefficient (Wildman–Crippen LogP) is 2.55. The summed E-state index contributed by atoms with van der Waals surface area (Å²) in [6.45, 7) is 5.98. The SMILES string of the molecule is Cc1csc(CCNCc2scnc2C)n1. The molecule has 0 saturated carbocycles. The highest BCUT2D eigenvalue weighted by atomic mass is 32.1. The molecule has 0 amide bonds. The van der Waals surface area contributed by atoms with E-state index in [4.69, 9.17) is 0 Å². The Balaban J connectivity index is 1.71. The number of aryl methyl sites for hydroxylation is 2. The molecule has 0 saturated heterocycles. The smallest absolute Gasteiger partial charge is 0.0940 e. The summed E-state index contributed by atoms with van der Waals surface area (Å²) >= 11 is 3.45. The lowest BCUT2D eigenvalue weighted by molar-refractivity contribution is 0.688. The summed E-state index contributed by atoms with van der Waals surface area (Å²) in [5.41, 5.74) is 4.16. The summed E-state index contributed by atoms with van der Waals surface area (Å²) in [6.07, 6.45) is 1.01. The summed E-state index contributed by atoms with van der Waals surface area (Å²) in [6, 6.07) is 0. The molecule has 3 nitrogen and oxygen atoms in total. The van der Waals surface area contributed by atoms with Gasteiger partial charge in [0.05, 0.1) is 16.2 Å². The highest BCUT2D eigenvalue weighted by Crippen LogP contribution is 2.12. The van der Waals surface area contributed by atoms with Gasteiger partial charge in [-0.15, -0.1) is 22.7 Å². The molecule has 2 heterocycles. The molecule has 0 unspecified atom stereocenters. The van der Waals surface area contributed by atoms with Gasteiger partial charge in [-0.3, -0.25) is 0 Å². The van der Waals surface area contributed by atoms with Crippen molar-refractivity contribution < 1.29 is 0 Å². The summed E-state index contributed by atoms with van der Waals surface area (Å²) in [5.74, 6) is 0. The molecule has 2 rings (SSSR count). The van der Waals surface area contributed by atoms with Crippen molar-refractivity contribution in [2.24, 2.45) is 0 Å². The first-order valence-electron chi connectivity index (χ1n) is 5.26. The normalized spacial score (nSPS) is 10.9. The lowest BCUT2D eigenvalue weighted by atomic mass is 10.3. The Morgan fingerprint density at radius 2 is 2.19 bits per heavy atom. The standard InChI is InChI=1S/C11H15N3S2/c1-8-6-15-11(14-8)3-4-12-5-10-9(2)13-7-16-10/h6-7,12H,3-5H2,1-2H3. The molecular formula is C11H15N3S2. The van der Waals surface area contributed by atoms with E-state index in [0.717, 1.165) is 30.9 Å². The Bertz CT molecular complexity index is 448. The maximum Gasteiger partial charge on any atom is 0.0940 e. The topological polar surface area (TPSA) is 37.8 Å². The van der Waals surface area contributed by atoms with E-state index in [1.54, 1.807) is 22.7 Å². The fourth-order valence-corrected chi connectivity index (χ4v) is 2.93. The van der Waals surface area contributed by atoms with Crippen LogP contribution in [0.15, 0.2) is 10.9 Å². The summed E-state index contributed by atoms with van der Waals surface area (Å²) in [5, 5.41) is 6.74. The Morgan fingerprint density at radius 3 is 2.81 bits per heavy atom. The molecule has 0 aromatic carbocycles. The molecule has 16 heavy (non-hydrogen) atoms. The van der Waals surface area contributed by atoms with Crippen molar-refractivity contribution in [3.05, 3.63) is 32.2 Å². The first-order chi connectivity index (χ1) is 7.75. The molecule has 86 valence electrons. The molecule has 0 spiro atoms. The van der Waals surface area contributed by atoms with E-state index in [2.05, 4.69) is 27.6 Å². The van der Waals surface area contributed by atoms with Gasteiger partial charge in [0.25, 0.3) is 0 Å². The maximum atomic E-state index is 4.43. The van der Waals surface area contributed by atoms with Gasteiger partial charge < -0.3 is 5.32 Å². The van der Waals surface area contributed by atoms with Gasteiger partial charge in [0, 0.05) is 35.5 Å². The van der Waals surface area contributed by atoms with Crippen molar-refractivity contribution in [2.75, 3.05) is 6.54 Å². The van der Waals surface area contributed by atoms with Gasteiger partial charge in [0.2, 0.25) is 0 Å². The summed E-state index contributed by atoms with van der Waals surface area (Å²) in [7, 11) is 0. The van der Waals surface area contributed by atoms with Crippen LogP contribution < -0.4 is 5.32 Å². The molecule has 0 bridgehead atoms. The lowest BCUT2D eigenvalue weighted by Gasteiger charge is -2.01. The summed E-state index contributed by atoms with van der Waals surface area (Å²) in [4.78, 5) is 9.99. The first-order valence-corrected chi connectivity index (χ1v) is 7.02. The van der Waals surface area contributed by atoms with Crippen LogP contribution in [0.25, 0.3) is 0 Å². The van der Waals surface area contributed by atoms with E-state index in [-0.39, 0.29) is 0 Å². The van der Waals surface area contributed by atoms with Crippen LogP contribution in [0.5, 0.6) is 0 Å². The van der Waals surface area contributed by atoms with Gasteiger partial charge in [0.1, 0.15) is 0 Å².